The van der Waals surface area contributed by atoms with E-state index in [1.54, 1.807) is 0 Å². The van der Waals surface area contributed by atoms with Crippen LogP contribution in [0.15, 0.2) is 126 Å². The summed E-state index contributed by atoms with van der Waals surface area (Å²) in [4.78, 5) is 19.9. The van der Waals surface area contributed by atoms with Gasteiger partial charge in [-0.2, -0.15) is 0 Å². The molecule has 0 aliphatic carbocycles. The first-order valence-electron chi connectivity index (χ1n) is 18.5. The SMILES string of the molecule is CCCCCCCCOc1cc(OCCCCCCCC)cc(C2=CC3=CC4=NC(=C(P)C5=NC(=CC6=NC(=C(P)C2=N3)C=C6)C=C5)C=C4)c1. The summed E-state index contributed by atoms with van der Waals surface area (Å²) in [5.41, 5.74) is 8.86. The van der Waals surface area contributed by atoms with Crippen molar-refractivity contribution in [1.29, 1.82) is 0 Å². The van der Waals surface area contributed by atoms with Gasteiger partial charge in [0.25, 0.3) is 0 Å². The lowest BCUT2D eigenvalue weighted by Gasteiger charge is -2.15. The Morgan fingerprint density at radius 3 is 1.70 bits per heavy atom. The molecular formula is C42H50N4O2P2. The van der Waals surface area contributed by atoms with Crippen molar-refractivity contribution >= 4 is 46.9 Å². The van der Waals surface area contributed by atoms with Crippen LogP contribution in [0.4, 0.5) is 0 Å². The number of fused-ring (bicyclic) bond motifs is 4. The van der Waals surface area contributed by atoms with Gasteiger partial charge in [-0.3, -0.25) is 0 Å². The smallest absolute Gasteiger partial charge is 0.123 e. The standard InChI is InChI=1S/C42H50N4O2P2/c1-3-5-7-9-11-13-21-47-34-23-29(24-35(28-34)48-22-14-12-10-8-6-4-2)36-27-33-26-32-16-19-38(44-32)41(49)37-18-15-30(43-37)25-31-17-20-39(45-31)42(50)40(36)46-33/h15-20,23-28H,3-14,21-22,49-50H2,1-2H3. The van der Waals surface area contributed by atoms with Crippen LogP contribution in [0, 0.1) is 0 Å². The minimum atomic E-state index is 0.689. The second kappa shape index (κ2) is 18.0. The molecule has 0 N–H and O–H groups in total. The Kier molecular flexibility index (Phi) is 13.0. The van der Waals surface area contributed by atoms with Crippen molar-refractivity contribution in [3.8, 4) is 11.5 Å². The molecule has 5 heterocycles. The van der Waals surface area contributed by atoms with Crippen LogP contribution in [-0.2, 0) is 0 Å². The molecule has 1 aromatic rings. The Morgan fingerprint density at radius 2 is 1.08 bits per heavy atom. The molecule has 260 valence electrons. The van der Waals surface area contributed by atoms with Gasteiger partial charge in [-0.05, 0) is 85.2 Å². The van der Waals surface area contributed by atoms with Crippen molar-refractivity contribution in [2.24, 2.45) is 20.0 Å². The molecule has 0 amide bonds. The van der Waals surface area contributed by atoms with Crippen LogP contribution >= 0.6 is 18.5 Å². The first-order chi connectivity index (χ1) is 24.5. The van der Waals surface area contributed by atoms with Crippen LogP contribution in [0.5, 0.6) is 11.5 Å². The molecule has 8 heteroatoms. The van der Waals surface area contributed by atoms with Crippen molar-refractivity contribution < 1.29 is 9.47 Å². The molecule has 6 nitrogen and oxygen atoms in total. The lowest BCUT2D eigenvalue weighted by molar-refractivity contribution is 0.289. The van der Waals surface area contributed by atoms with Gasteiger partial charge in [0.1, 0.15) is 11.5 Å². The van der Waals surface area contributed by atoms with E-state index < -0.39 is 0 Å². The predicted molar refractivity (Wildman–Crippen MR) is 219 cm³/mol. The second-order valence-corrected chi connectivity index (χ2v) is 14.4. The largest absolute Gasteiger partial charge is 0.493 e. The Hall–Kier alpha value is -3.72. The van der Waals surface area contributed by atoms with E-state index >= 15 is 0 Å². The normalized spacial score (nSPS) is 17.6. The molecule has 5 aliphatic heterocycles. The molecule has 2 atom stereocenters. The minimum absolute atomic E-state index is 0.689. The highest BCUT2D eigenvalue weighted by Crippen LogP contribution is 2.38. The van der Waals surface area contributed by atoms with Crippen molar-refractivity contribution in [2.45, 2.75) is 90.9 Å². The molecule has 8 bridgehead atoms. The quantitative estimate of drug-likeness (QED) is 0.120. The topological polar surface area (TPSA) is 67.9 Å². The lowest BCUT2D eigenvalue weighted by Crippen LogP contribution is -2.04. The van der Waals surface area contributed by atoms with E-state index in [1.165, 1.54) is 64.2 Å². The second-order valence-electron chi connectivity index (χ2n) is 13.3. The molecule has 0 spiro atoms. The molecule has 50 heavy (non-hydrogen) atoms. The number of benzene rings is 1. The molecule has 6 rings (SSSR count). The third-order valence-electron chi connectivity index (χ3n) is 9.17. The molecule has 1 aromatic carbocycles. The Balaban J connectivity index is 1.31. The first kappa shape index (κ1) is 36.1. The van der Waals surface area contributed by atoms with Gasteiger partial charge < -0.3 is 9.47 Å². The minimum Gasteiger partial charge on any atom is -0.493 e. The highest BCUT2D eigenvalue weighted by atomic mass is 31.0. The molecule has 0 saturated heterocycles. The van der Waals surface area contributed by atoms with Crippen LogP contribution in [0.25, 0.3) is 5.57 Å². The number of allylic oxidation sites excluding steroid dienone is 12. The number of aliphatic imine (C=N–C) groups is 4. The van der Waals surface area contributed by atoms with E-state index in [-0.39, 0.29) is 0 Å². The zero-order valence-electron chi connectivity index (χ0n) is 29.6. The maximum absolute atomic E-state index is 6.39. The molecule has 5 aliphatic rings. The number of rotatable bonds is 17. The van der Waals surface area contributed by atoms with Crippen LogP contribution < -0.4 is 9.47 Å². The van der Waals surface area contributed by atoms with Crippen molar-refractivity contribution in [2.75, 3.05) is 13.2 Å². The summed E-state index contributed by atoms with van der Waals surface area (Å²) in [6.07, 6.45) is 33.1. The maximum atomic E-state index is 6.39. The molecule has 0 radical (unpaired) electrons. The van der Waals surface area contributed by atoms with Gasteiger partial charge >= 0.3 is 0 Å². The average Bonchev–Trinajstić information content (AvgIpc) is 3.95. The third kappa shape index (κ3) is 9.53. The van der Waals surface area contributed by atoms with Crippen molar-refractivity contribution in [3.05, 3.63) is 112 Å². The van der Waals surface area contributed by atoms with E-state index in [0.29, 0.717) is 13.2 Å². The predicted octanol–water partition coefficient (Wildman–Crippen LogP) is 11.0. The van der Waals surface area contributed by atoms with E-state index in [4.69, 9.17) is 29.4 Å². The number of nitrogens with zero attached hydrogens (tertiary/aromatic N) is 4. The summed E-state index contributed by atoms with van der Waals surface area (Å²) in [6, 6.07) is 6.30. The number of unbranched alkanes of at least 4 members (excludes halogenated alkanes) is 10. The first-order valence-corrected chi connectivity index (χ1v) is 19.6. The molecular weight excluding hydrogens is 654 g/mol. The Labute approximate surface area is 302 Å². The van der Waals surface area contributed by atoms with Gasteiger partial charge in [0.2, 0.25) is 0 Å². The van der Waals surface area contributed by atoms with Crippen LogP contribution in [0.1, 0.15) is 96.5 Å². The van der Waals surface area contributed by atoms with Gasteiger partial charge in [-0.25, -0.2) is 20.0 Å². The van der Waals surface area contributed by atoms with E-state index in [2.05, 4.69) is 50.5 Å². The van der Waals surface area contributed by atoms with Gasteiger partial charge in [-0.15, -0.1) is 18.5 Å². The zero-order chi connectivity index (χ0) is 34.7. The number of hydrogen-bond acceptors (Lipinski definition) is 6. The van der Waals surface area contributed by atoms with Gasteiger partial charge in [0, 0.05) is 22.3 Å². The van der Waals surface area contributed by atoms with Gasteiger partial charge in [-0.1, -0.05) is 78.1 Å². The lowest BCUT2D eigenvalue weighted by atomic mass is 10.00. The third-order valence-corrected chi connectivity index (χ3v) is 10.3. The van der Waals surface area contributed by atoms with Gasteiger partial charge in [0.05, 0.1) is 58.8 Å². The summed E-state index contributed by atoms with van der Waals surface area (Å²) in [7, 11) is 5.72. The highest BCUT2D eigenvalue weighted by molar-refractivity contribution is 7.26. The number of hydrogen-bond donors (Lipinski definition) is 0. The summed E-state index contributed by atoms with van der Waals surface area (Å²) in [5, 5.41) is 1.88. The summed E-state index contributed by atoms with van der Waals surface area (Å²) < 4.78 is 12.8. The molecule has 0 fully saturated rings. The van der Waals surface area contributed by atoms with Crippen LogP contribution in [0.2, 0.25) is 0 Å². The molecule has 0 saturated carbocycles. The number of ether oxygens (including phenoxy) is 2. The van der Waals surface area contributed by atoms with Crippen molar-refractivity contribution in [1.82, 2.24) is 0 Å². The van der Waals surface area contributed by atoms with Crippen LogP contribution in [-0.4, -0.2) is 36.1 Å². The van der Waals surface area contributed by atoms with E-state index in [0.717, 1.165) is 91.7 Å². The summed E-state index contributed by atoms with van der Waals surface area (Å²) in [6.45, 7) is 5.89. The van der Waals surface area contributed by atoms with E-state index in [9.17, 15) is 0 Å². The fraction of sp³-hybridized carbons (Fsp3) is 0.381. The molecule has 2 unspecified atom stereocenters. The fourth-order valence-corrected chi connectivity index (χ4v) is 7.06. The average molecular weight is 705 g/mol. The van der Waals surface area contributed by atoms with E-state index in [1.807, 2.05) is 54.7 Å². The Morgan fingerprint density at radius 1 is 0.520 bits per heavy atom. The summed E-state index contributed by atoms with van der Waals surface area (Å²) >= 11 is 0. The summed E-state index contributed by atoms with van der Waals surface area (Å²) in [5.74, 6) is 1.65. The maximum Gasteiger partial charge on any atom is 0.123 e. The van der Waals surface area contributed by atoms with Gasteiger partial charge in [0.15, 0.2) is 0 Å². The fourth-order valence-electron chi connectivity index (χ4n) is 6.36. The molecule has 0 aromatic heterocycles. The van der Waals surface area contributed by atoms with Crippen molar-refractivity contribution in [3.63, 3.8) is 0 Å². The zero-order valence-corrected chi connectivity index (χ0v) is 31.9. The Bertz CT molecular complexity index is 1810. The highest BCUT2D eigenvalue weighted by Gasteiger charge is 2.24. The monoisotopic (exact) mass is 704 g/mol. The van der Waals surface area contributed by atoms with Crippen LogP contribution in [0.3, 0.4) is 0 Å².